The lowest BCUT2D eigenvalue weighted by molar-refractivity contribution is 0.414. The molecule has 80 valence electrons. The van der Waals surface area contributed by atoms with E-state index in [4.69, 9.17) is 4.74 Å². The smallest absolute Gasteiger partial charge is 0.144 e. The van der Waals surface area contributed by atoms with Crippen molar-refractivity contribution in [3.8, 4) is 5.75 Å². The number of rotatable bonds is 1. The molecule has 0 aliphatic carbocycles. The molecule has 0 amide bonds. The zero-order valence-corrected chi connectivity index (χ0v) is 9.76. The molecule has 14 heavy (non-hydrogen) atoms. The van der Waals surface area contributed by atoms with Gasteiger partial charge in [0, 0.05) is 12.5 Å². The Kier molecular flexibility index (Phi) is 5.23. The minimum absolute atomic E-state index is 0.926. The van der Waals surface area contributed by atoms with Crippen molar-refractivity contribution < 1.29 is 13.2 Å². The molecule has 0 spiro atoms. The van der Waals surface area contributed by atoms with Crippen LogP contribution in [0.15, 0.2) is 24.3 Å². The van der Waals surface area contributed by atoms with Gasteiger partial charge in [-0.3, -0.25) is 0 Å². The van der Waals surface area contributed by atoms with Crippen LogP contribution in [0.5, 0.6) is 5.75 Å². The van der Waals surface area contributed by atoms with Crippen LogP contribution in [0.4, 0.5) is 0 Å². The molecular formula is C10H16O3S. The Balaban J connectivity index is 0.000000292. The summed E-state index contributed by atoms with van der Waals surface area (Å²) in [6.45, 7) is 2.04. The van der Waals surface area contributed by atoms with E-state index in [1.807, 2.05) is 31.2 Å². The summed E-state index contributed by atoms with van der Waals surface area (Å²) in [4.78, 5) is 0. The molecule has 1 aromatic carbocycles. The molecule has 0 atom stereocenters. The Morgan fingerprint density at radius 3 is 2.00 bits per heavy atom. The first-order chi connectivity index (χ1) is 6.33. The van der Waals surface area contributed by atoms with Gasteiger partial charge in [0.05, 0.1) is 7.11 Å². The summed E-state index contributed by atoms with van der Waals surface area (Å²) < 4.78 is 24.3. The van der Waals surface area contributed by atoms with Crippen LogP contribution in [-0.2, 0) is 9.84 Å². The van der Waals surface area contributed by atoms with Crippen molar-refractivity contribution in [2.45, 2.75) is 6.92 Å². The maximum atomic E-state index is 9.63. The Morgan fingerprint density at radius 2 is 1.71 bits per heavy atom. The zero-order valence-electron chi connectivity index (χ0n) is 8.94. The first kappa shape index (κ1) is 13.0. The second kappa shape index (κ2) is 5.65. The van der Waals surface area contributed by atoms with Gasteiger partial charge < -0.3 is 4.74 Å². The molecule has 4 heteroatoms. The van der Waals surface area contributed by atoms with E-state index in [0.717, 1.165) is 18.3 Å². The molecule has 0 aliphatic rings. The largest absolute Gasteiger partial charge is 0.497 e. The lowest BCUT2D eigenvalue weighted by atomic mass is 10.2. The van der Waals surface area contributed by atoms with Crippen molar-refractivity contribution in [2.24, 2.45) is 0 Å². The molecule has 0 heterocycles. The number of benzene rings is 1. The minimum Gasteiger partial charge on any atom is -0.497 e. The van der Waals surface area contributed by atoms with Gasteiger partial charge in [0.2, 0.25) is 0 Å². The predicted octanol–water partition coefficient (Wildman–Crippen LogP) is 1.66. The van der Waals surface area contributed by atoms with Crippen molar-refractivity contribution in [1.29, 1.82) is 0 Å². The topological polar surface area (TPSA) is 43.4 Å². The first-order valence-corrected chi connectivity index (χ1v) is 6.38. The van der Waals surface area contributed by atoms with Crippen LogP contribution >= 0.6 is 0 Å². The number of hydrogen-bond acceptors (Lipinski definition) is 3. The first-order valence-electron chi connectivity index (χ1n) is 4.08. The average Bonchev–Trinajstić information content (AvgIpc) is 2.01. The quantitative estimate of drug-likeness (QED) is 0.717. The van der Waals surface area contributed by atoms with Gasteiger partial charge in [0.1, 0.15) is 15.6 Å². The Labute approximate surface area is 85.6 Å². The van der Waals surface area contributed by atoms with Crippen molar-refractivity contribution in [1.82, 2.24) is 0 Å². The van der Waals surface area contributed by atoms with E-state index in [0.29, 0.717) is 0 Å². The van der Waals surface area contributed by atoms with E-state index in [1.165, 1.54) is 5.56 Å². The van der Waals surface area contributed by atoms with E-state index >= 15 is 0 Å². The highest BCUT2D eigenvalue weighted by atomic mass is 32.2. The third-order valence-electron chi connectivity index (χ3n) is 1.23. The SMILES string of the molecule is COc1cccc(C)c1.CS(C)(=O)=O. The van der Waals surface area contributed by atoms with E-state index in [1.54, 1.807) is 7.11 Å². The van der Waals surface area contributed by atoms with Gasteiger partial charge in [0.15, 0.2) is 0 Å². The zero-order chi connectivity index (χ0) is 11.2. The van der Waals surface area contributed by atoms with Gasteiger partial charge in [-0.2, -0.15) is 0 Å². The second-order valence-electron chi connectivity index (χ2n) is 3.16. The summed E-state index contributed by atoms with van der Waals surface area (Å²) in [6.07, 6.45) is 2.32. The van der Waals surface area contributed by atoms with Gasteiger partial charge in [-0.1, -0.05) is 12.1 Å². The molecule has 0 aromatic heterocycles. The average molecular weight is 216 g/mol. The van der Waals surface area contributed by atoms with E-state index in [-0.39, 0.29) is 0 Å². The van der Waals surface area contributed by atoms with Crippen LogP contribution in [0.2, 0.25) is 0 Å². The van der Waals surface area contributed by atoms with Crippen molar-refractivity contribution in [2.75, 3.05) is 19.6 Å². The molecule has 0 fully saturated rings. The maximum Gasteiger partial charge on any atom is 0.144 e. The normalized spacial score (nSPS) is 10.0. The summed E-state index contributed by atoms with van der Waals surface area (Å²) in [7, 11) is -0.991. The van der Waals surface area contributed by atoms with Gasteiger partial charge in [-0.25, -0.2) is 8.42 Å². The molecule has 0 unspecified atom stereocenters. The summed E-state index contributed by atoms with van der Waals surface area (Å²) in [6, 6.07) is 7.96. The highest BCUT2D eigenvalue weighted by Crippen LogP contribution is 2.10. The Morgan fingerprint density at radius 1 is 1.21 bits per heavy atom. The molecule has 3 nitrogen and oxygen atoms in total. The predicted molar refractivity (Wildman–Crippen MR) is 58.5 cm³/mol. The summed E-state index contributed by atoms with van der Waals surface area (Å²) in [5, 5.41) is 0. The van der Waals surface area contributed by atoms with Crippen LogP contribution < -0.4 is 4.74 Å². The van der Waals surface area contributed by atoms with E-state index < -0.39 is 9.84 Å². The summed E-state index contributed by atoms with van der Waals surface area (Å²) >= 11 is 0. The van der Waals surface area contributed by atoms with Crippen molar-refractivity contribution in [3.63, 3.8) is 0 Å². The molecule has 0 bridgehead atoms. The molecule has 1 aromatic rings. The van der Waals surface area contributed by atoms with Crippen LogP contribution in [0.1, 0.15) is 5.56 Å². The fraction of sp³-hybridized carbons (Fsp3) is 0.400. The van der Waals surface area contributed by atoms with E-state index in [2.05, 4.69) is 0 Å². The second-order valence-corrected chi connectivity index (χ2v) is 5.45. The third kappa shape index (κ3) is 9.06. The van der Waals surface area contributed by atoms with Crippen LogP contribution in [0.3, 0.4) is 0 Å². The highest BCUT2D eigenvalue weighted by Gasteiger charge is 1.86. The Hall–Kier alpha value is -1.03. The number of methoxy groups -OCH3 is 1. The number of ether oxygens (including phenoxy) is 1. The fourth-order valence-electron chi connectivity index (χ4n) is 0.742. The highest BCUT2D eigenvalue weighted by molar-refractivity contribution is 7.89. The van der Waals surface area contributed by atoms with Gasteiger partial charge in [-0.05, 0) is 24.6 Å². The van der Waals surface area contributed by atoms with Gasteiger partial charge >= 0.3 is 0 Å². The summed E-state index contributed by atoms with van der Waals surface area (Å²) in [5.74, 6) is 0.926. The lowest BCUT2D eigenvalue weighted by Crippen LogP contribution is -1.86. The molecular weight excluding hydrogens is 200 g/mol. The molecule has 0 radical (unpaired) electrons. The molecule has 0 N–H and O–H groups in total. The minimum atomic E-state index is -2.67. The standard InChI is InChI=1S/C8H10O.C2H6O2S/c1-7-4-3-5-8(6-7)9-2;1-5(2,3)4/h3-6H,1-2H3;1-2H3. The number of aryl methyl sites for hydroxylation is 1. The van der Waals surface area contributed by atoms with Crippen LogP contribution in [0.25, 0.3) is 0 Å². The maximum absolute atomic E-state index is 9.63. The summed E-state index contributed by atoms with van der Waals surface area (Å²) in [5.41, 5.74) is 1.23. The fourth-order valence-corrected chi connectivity index (χ4v) is 0.742. The van der Waals surface area contributed by atoms with Crippen molar-refractivity contribution in [3.05, 3.63) is 29.8 Å². The number of hydrogen-bond donors (Lipinski definition) is 0. The Bertz CT molecular complexity index is 361. The molecule has 0 aliphatic heterocycles. The molecule has 1 rings (SSSR count). The van der Waals surface area contributed by atoms with Crippen LogP contribution in [-0.4, -0.2) is 28.0 Å². The number of sulfone groups is 1. The van der Waals surface area contributed by atoms with Gasteiger partial charge in [-0.15, -0.1) is 0 Å². The third-order valence-corrected chi connectivity index (χ3v) is 1.23. The van der Waals surface area contributed by atoms with Crippen molar-refractivity contribution >= 4 is 9.84 Å². The molecule has 0 saturated heterocycles. The van der Waals surface area contributed by atoms with Crippen LogP contribution in [0, 0.1) is 6.92 Å². The van der Waals surface area contributed by atoms with E-state index in [9.17, 15) is 8.42 Å². The monoisotopic (exact) mass is 216 g/mol. The molecule has 0 saturated carbocycles. The lowest BCUT2D eigenvalue weighted by Gasteiger charge is -1.97. The van der Waals surface area contributed by atoms with Gasteiger partial charge in [0.25, 0.3) is 0 Å².